The fraction of sp³-hybridized carbons (Fsp3) is 0.533. The van der Waals surface area contributed by atoms with Crippen LogP contribution in [0.4, 0.5) is 5.69 Å². The molecule has 0 aromatic heterocycles. The minimum Gasteiger partial charge on any atom is -0.478 e. The summed E-state index contributed by atoms with van der Waals surface area (Å²) in [4.78, 5) is 11.1. The van der Waals surface area contributed by atoms with Crippen molar-refractivity contribution in [1.29, 1.82) is 0 Å². The minimum absolute atomic E-state index is 0.350. The van der Waals surface area contributed by atoms with Crippen molar-refractivity contribution in [2.24, 2.45) is 5.92 Å². The molecule has 3 nitrogen and oxygen atoms in total. The molecule has 1 unspecified atom stereocenters. The number of nitrogens with one attached hydrogen (secondary N) is 1. The zero-order valence-corrected chi connectivity index (χ0v) is 11.3. The second-order valence-electron chi connectivity index (χ2n) is 4.65. The molecule has 1 atom stereocenters. The Hall–Kier alpha value is -1.51. The van der Waals surface area contributed by atoms with Crippen LogP contribution in [0.15, 0.2) is 24.3 Å². The summed E-state index contributed by atoms with van der Waals surface area (Å²) in [5.74, 6) is -0.258. The molecule has 0 saturated carbocycles. The van der Waals surface area contributed by atoms with Crippen LogP contribution >= 0.6 is 0 Å². The Balaban J connectivity index is 2.59. The van der Waals surface area contributed by atoms with Crippen molar-refractivity contribution >= 4 is 11.7 Å². The standard InChI is InChI=1S/C15H23NO2/c1-3-5-8-12(4-2)11-16-14-10-7-6-9-13(14)15(17)18/h6-7,9-10,12,16H,3-5,8,11H2,1-2H3,(H,17,18). The van der Waals surface area contributed by atoms with Gasteiger partial charge in [0.2, 0.25) is 0 Å². The van der Waals surface area contributed by atoms with Crippen LogP contribution < -0.4 is 5.32 Å². The molecule has 18 heavy (non-hydrogen) atoms. The highest BCUT2D eigenvalue weighted by atomic mass is 16.4. The SMILES string of the molecule is CCCCC(CC)CNc1ccccc1C(=O)O. The van der Waals surface area contributed by atoms with Crippen LogP contribution in [0.25, 0.3) is 0 Å². The molecule has 3 heteroatoms. The predicted molar refractivity (Wildman–Crippen MR) is 75.2 cm³/mol. The van der Waals surface area contributed by atoms with Gasteiger partial charge in [-0.25, -0.2) is 4.79 Å². The second-order valence-corrected chi connectivity index (χ2v) is 4.65. The Kier molecular flexibility index (Phi) is 6.26. The van der Waals surface area contributed by atoms with Crippen LogP contribution in [0.2, 0.25) is 0 Å². The number of carbonyl (C=O) groups is 1. The lowest BCUT2D eigenvalue weighted by Crippen LogP contribution is -2.15. The fourth-order valence-electron chi connectivity index (χ4n) is 2.02. The van der Waals surface area contributed by atoms with Gasteiger partial charge in [-0.2, -0.15) is 0 Å². The van der Waals surface area contributed by atoms with Gasteiger partial charge in [-0.05, 0) is 24.5 Å². The van der Waals surface area contributed by atoms with Crippen molar-refractivity contribution in [2.45, 2.75) is 39.5 Å². The van der Waals surface area contributed by atoms with E-state index in [-0.39, 0.29) is 0 Å². The fourth-order valence-corrected chi connectivity index (χ4v) is 2.02. The quantitative estimate of drug-likeness (QED) is 0.731. The van der Waals surface area contributed by atoms with Crippen molar-refractivity contribution in [3.8, 4) is 0 Å². The smallest absolute Gasteiger partial charge is 0.337 e. The first kappa shape index (κ1) is 14.6. The summed E-state index contributed by atoms with van der Waals surface area (Å²) in [6.07, 6.45) is 4.78. The molecule has 1 aromatic carbocycles. The molecule has 0 saturated heterocycles. The van der Waals surface area contributed by atoms with Crippen LogP contribution in [-0.4, -0.2) is 17.6 Å². The van der Waals surface area contributed by atoms with Crippen LogP contribution in [0.5, 0.6) is 0 Å². The van der Waals surface area contributed by atoms with Crippen LogP contribution in [0.1, 0.15) is 49.9 Å². The summed E-state index contributed by atoms with van der Waals surface area (Å²) in [5.41, 5.74) is 1.07. The van der Waals surface area contributed by atoms with E-state index in [2.05, 4.69) is 19.2 Å². The molecule has 1 aromatic rings. The molecule has 0 aliphatic heterocycles. The summed E-state index contributed by atoms with van der Waals surface area (Å²) in [6.45, 7) is 5.23. The maximum Gasteiger partial charge on any atom is 0.337 e. The van der Waals surface area contributed by atoms with Crippen LogP contribution in [-0.2, 0) is 0 Å². The maximum atomic E-state index is 11.1. The Labute approximate surface area is 109 Å². The number of unbranched alkanes of at least 4 members (excludes halogenated alkanes) is 1. The molecule has 0 aliphatic rings. The van der Waals surface area contributed by atoms with Gasteiger partial charge < -0.3 is 10.4 Å². The molecular weight excluding hydrogens is 226 g/mol. The largest absolute Gasteiger partial charge is 0.478 e. The predicted octanol–water partition coefficient (Wildman–Crippen LogP) is 4.01. The minimum atomic E-state index is -0.875. The number of aromatic carboxylic acids is 1. The van der Waals surface area contributed by atoms with Gasteiger partial charge in [0.05, 0.1) is 5.56 Å². The van der Waals surface area contributed by atoms with E-state index in [0.29, 0.717) is 11.5 Å². The molecule has 0 aliphatic carbocycles. The zero-order chi connectivity index (χ0) is 13.4. The molecule has 0 amide bonds. The number of hydrogen-bond donors (Lipinski definition) is 2. The van der Waals surface area contributed by atoms with Gasteiger partial charge in [-0.1, -0.05) is 45.2 Å². The monoisotopic (exact) mass is 249 g/mol. The summed E-state index contributed by atoms with van der Waals surface area (Å²) in [6, 6.07) is 7.08. The zero-order valence-electron chi connectivity index (χ0n) is 11.3. The third-order valence-corrected chi connectivity index (χ3v) is 3.28. The highest BCUT2D eigenvalue weighted by Crippen LogP contribution is 2.18. The van der Waals surface area contributed by atoms with E-state index >= 15 is 0 Å². The topological polar surface area (TPSA) is 49.3 Å². The molecule has 0 heterocycles. The molecule has 0 spiro atoms. The van der Waals surface area contributed by atoms with E-state index in [0.717, 1.165) is 18.7 Å². The lowest BCUT2D eigenvalue weighted by atomic mass is 9.99. The molecule has 0 bridgehead atoms. The van der Waals surface area contributed by atoms with Crippen molar-refractivity contribution in [1.82, 2.24) is 0 Å². The number of anilines is 1. The van der Waals surface area contributed by atoms with E-state index < -0.39 is 5.97 Å². The van der Waals surface area contributed by atoms with Crippen LogP contribution in [0, 0.1) is 5.92 Å². The lowest BCUT2D eigenvalue weighted by Gasteiger charge is -2.17. The van der Waals surface area contributed by atoms with E-state index in [1.165, 1.54) is 19.3 Å². The van der Waals surface area contributed by atoms with E-state index in [4.69, 9.17) is 5.11 Å². The first-order valence-electron chi connectivity index (χ1n) is 6.75. The normalized spacial score (nSPS) is 12.1. The second kappa shape index (κ2) is 7.75. The van der Waals surface area contributed by atoms with Crippen molar-refractivity contribution in [2.75, 3.05) is 11.9 Å². The first-order valence-corrected chi connectivity index (χ1v) is 6.75. The van der Waals surface area contributed by atoms with Gasteiger partial charge in [0.25, 0.3) is 0 Å². The van der Waals surface area contributed by atoms with Gasteiger partial charge in [-0.3, -0.25) is 0 Å². The van der Waals surface area contributed by atoms with Crippen molar-refractivity contribution in [3.05, 3.63) is 29.8 Å². The molecule has 100 valence electrons. The highest BCUT2D eigenvalue weighted by Gasteiger charge is 2.10. The Bertz CT molecular complexity index is 377. The van der Waals surface area contributed by atoms with E-state index in [1.54, 1.807) is 12.1 Å². The highest BCUT2D eigenvalue weighted by molar-refractivity contribution is 5.94. The summed E-state index contributed by atoms with van der Waals surface area (Å²) < 4.78 is 0. The van der Waals surface area contributed by atoms with E-state index in [1.807, 2.05) is 12.1 Å². The molecule has 1 rings (SSSR count). The number of carboxylic acids is 1. The molecular formula is C15H23NO2. The molecule has 2 N–H and O–H groups in total. The van der Waals surface area contributed by atoms with Crippen molar-refractivity contribution in [3.63, 3.8) is 0 Å². The Morgan fingerprint density at radius 3 is 2.67 bits per heavy atom. The third-order valence-electron chi connectivity index (χ3n) is 3.28. The maximum absolute atomic E-state index is 11.1. The van der Waals surface area contributed by atoms with Gasteiger partial charge in [0.15, 0.2) is 0 Å². The van der Waals surface area contributed by atoms with Crippen molar-refractivity contribution < 1.29 is 9.90 Å². The summed E-state index contributed by atoms with van der Waals surface area (Å²) >= 11 is 0. The van der Waals surface area contributed by atoms with Gasteiger partial charge >= 0.3 is 5.97 Å². The van der Waals surface area contributed by atoms with Crippen LogP contribution in [0.3, 0.4) is 0 Å². The number of para-hydroxylation sites is 1. The third kappa shape index (κ3) is 4.40. The number of hydrogen-bond acceptors (Lipinski definition) is 2. The van der Waals surface area contributed by atoms with Gasteiger partial charge in [-0.15, -0.1) is 0 Å². The van der Waals surface area contributed by atoms with Gasteiger partial charge in [0, 0.05) is 12.2 Å². The lowest BCUT2D eigenvalue weighted by molar-refractivity contribution is 0.0698. The number of benzene rings is 1. The molecule has 0 fully saturated rings. The average molecular weight is 249 g/mol. The Morgan fingerprint density at radius 1 is 1.33 bits per heavy atom. The summed E-state index contributed by atoms with van der Waals surface area (Å²) in [7, 11) is 0. The Morgan fingerprint density at radius 2 is 2.06 bits per heavy atom. The number of carboxylic acid groups (broad SMARTS) is 1. The first-order chi connectivity index (χ1) is 8.69. The van der Waals surface area contributed by atoms with E-state index in [9.17, 15) is 4.79 Å². The number of rotatable bonds is 8. The summed E-state index contributed by atoms with van der Waals surface area (Å²) in [5, 5.41) is 12.4. The molecule has 0 radical (unpaired) electrons. The van der Waals surface area contributed by atoms with Gasteiger partial charge in [0.1, 0.15) is 0 Å². The average Bonchev–Trinajstić information content (AvgIpc) is 2.39.